The molecular formula is C15H15F3N4O3S. The van der Waals surface area contributed by atoms with E-state index in [1.54, 1.807) is 18.5 Å². The first kappa shape index (κ1) is 18.4. The molecule has 1 fully saturated rings. The Labute approximate surface area is 148 Å². The normalized spacial score (nSPS) is 16.5. The van der Waals surface area contributed by atoms with Gasteiger partial charge in [0, 0.05) is 38.6 Å². The van der Waals surface area contributed by atoms with E-state index in [0.717, 1.165) is 24.3 Å². The average Bonchev–Trinajstić information content (AvgIpc) is 2.62. The average molecular weight is 388 g/mol. The number of rotatable bonds is 4. The first-order valence-corrected chi connectivity index (χ1v) is 9.08. The smallest absolute Gasteiger partial charge is 0.406 e. The second-order valence-corrected chi connectivity index (χ2v) is 7.40. The van der Waals surface area contributed by atoms with Crippen LogP contribution in [0.25, 0.3) is 0 Å². The molecule has 3 rings (SSSR count). The molecule has 1 saturated heterocycles. The predicted molar refractivity (Wildman–Crippen MR) is 86.1 cm³/mol. The number of hydrogen-bond donors (Lipinski definition) is 0. The Bertz CT molecular complexity index is 837. The van der Waals surface area contributed by atoms with E-state index in [-0.39, 0.29) is 18.0 Å². The van der Waals surface area contributed by atoms with E-state index in [9.17, 15) is 21.6 Å². The number of benzene rings is 1. The monoisotopic (exact) mass is 388 g/mol. The number of hydrogen-bond acceptors (Lipinski definition) is 6. The topological polar surface area (TPSA) is 75.6 Å². The first-order valence-electron chi connectivity index (χ1n) is 7.64. The molecule has 0 atom stereocenters. The van der Waals surface area contributed by atoms with Gasteiger partial charge in [0.1, 0.15) is 5.75 Å². The SMILES string of the molecule is O=S(=O)(c1ccc(OC(F)(F)F)cc1)N1CCN(c2ncccn2)CC1. The van der Waals surface area contributed by atoms with Gasteiger partial charge in [0.25, 0.3) is 0 Å². The highest BCUT2D eigenvalue weighted by Gasteiger charge is 2.32. The van der Waals surface area contributed by atoms with Gasteiger partial charge < -0.3 is 9.64 Å². The van der Waals surface area contributed by atoms with E-state index in [1.165, 1.54) is 4.31 Å². The molecule has 7 nitrogen and oxygen atoms in total. The number of anilines is 1. The number of piperazine rings is 1. The number of alkyl halides is 3. The molecule has 0 bridgehead atoms. The molecule has 1 aliphatic rings. The first-order chi connectivity index (χ1) is 12.3. The van der Waals surface area contributed by atoms with Crippen molar-refractivity contribution in [3.63, 3.8) is 0 Å². The van der Waals surface area contributed by atoms with Gasteiger partial charge in [-0.1, -0.05) is 0 Å². The Balaban J connectivity index is 1.67. The van der Waals surface area contributed by atoms with Gasteiger partial charge in [-0.3, -0.25) is 0 Å². The third kappa shape index (κ3) is 4.22. The summed E-state index contributed by atoms with van der Waals surface area (Å²) in [7, 11) is -3.80. The summed E-state index contributed by atoms with van der Waals surface area (Å²) in [6.45, 7) is 1.28. The Hall–Kier alpha value is -2.40. The lowest BCUT2D eigenvalue weighted by atomic mass is 10.3. The Morgan fingerprint density at radius 2 is 1.54 bits per heavy atom. The van der Waals surface area contributed by atoms with Crippen LogP contribution in [0.2, 0.25) is 0 Å². The van der Waals surface area contributed by atoms with Gasteiger partial charge in [-0.25, -0.2) is 18.4 Å². The molecule has 1 aromatic carbocycles. The summed E-state index contributed by atoms with van der Waals surface area (Å²) in [5.74, 6) is 0.0562. The van der Waals surface area contributed by atoms with Crippen LogP contribution in [0.15, 0.2) is 47.6 Å². The van der Waals surface area contributed by atoms with E-state index in [0.29, 0.717) is 19.0 Å². The quantitative estimate of drug-likeness (QED) is 0.796. The maximum Gasteiger partial charge on any atom is 0.573 e. The van der Waals surface area contributed by atoms with Gasteiger partial charge in [-0.05, 0) is 30.3 Å². The molecule has 11 heteroatoms. The molecule has 0 spiro atoms. The van der Waals surface area contributed by atoms with Gasteiger partial charge in [-0.2, -0.15) is 4.31 Å². The van der Waals surface area contributed by atoms with Crippen LogP contribution in [-0.2, 0) is 10.0 Å². The highest BCUT2D eigenvalue weighted by atomic mass is 32.2. The summed E-state index contributed by atoms with van der Waals surface area (Å²) in [6, 6.07) is 5.85. The number of aromatic nitrogens is 2. The van der Waals surface area contributed by atoms with Crippen molar-refractivity contribution in [3.8, 4) is 5.75 Å². The minimum atomic E-state index is -4.82. The van der Waals surface area contributed by atoms with Gasteiger partial charge >= 0.3 is 6.36 Å². The number of halogens is 3. The molecule has 0 aliphatic carbocycles. The minimum absolute atomic E-state index is 0.0866. The lowest BCUT2D eigenvalue weighted by molar-refractivity contribution is -0.274. The highest BCUT2D eigenvalue weighted by Crippen LogP contribution is 2.25. The fraction of sp³-hybridized carbons (Fsp3) is 0.333. The van der Waals surface area contributed by atoms with Crippen LogP contribution >= 0.6 is 0 Å². The largest absolute Gasteiger partial charge is 0.573 e. The second kappa shape index (κ2) is 7.08. The van der Waals surface area contributed by atoms with Crippen molar-refractivity contribution >= 4 is 16.0 Å². The van der Waals surface area contributed by atoms with E-state index in [1.807, 2.05) is 4.90 Å². The molecule has 2 heterocycles. The summed E-state index contributed by atoms with van der Waals surface area (Å²) in [5, 5.41) is 0. The van der Waals surface area contributed by atoms with Crippen LogP contribution in [0.3, 0.4) is 0 Å². The van der Waals surface area contributed by atoms with Gasteiger partial charge in [0.15, 0.2) is 0 Å². The van der Waals surface area contributed by atoms with Crippen molar-refractivity contribution in [1.82, 2.24) is 14.3 Å². The van der Waals surface area contributed by atoms with Crippen LogP contribution in [0.4, 0.5) is 19.1 Å². The molecule has 0 radical (unpaired) electrons. The van der Waals surface area contributed by atoms with Crippen LogP contribution in [0.1, 0.15) is 0 Å². The standard InChI is InChI=1S/C15H15F3N4O3S/c16-15(17,18)25-12-2-4-13(5-3-12)26(23,24)22-10-8-21(9-11-22)14-19-6-1-7-20-14/h1-7H,8-11H2. The van der Waals surface area contributed by atoms with Gasteiger partial charge in [-0.15, -0.1) is 13.2 Å². The van der Waals surface area contributed by atoms with E-state index >= 15 is 0 Å². The van der Waals surface area contributed by atoms with Crippen molar-refractivity contribution < 1.29 is 26.3 Å². The fourth-order valence-electron chi connectivity index (χ4n) is 2.55. The highest BCUT2D eigenvalue weighted by molar-refractivity contribution is 7.89. The Morgan fingerprint density at radius 1 is 0.962 bits per heavy atom. The number of nitrogens with zero attached hydrogens (tertiary/aromatic N) is 4. The summed E-state index contributed by atoms with van der Waals surface area (Å²) < 4.78 is 66.9. The molecule has 26 heavy (non-hydrogen) atoms. The zero-order valence-corrected chi connectivity index (χ0v) is 14.2. The van der Waals surface area contributed by atoms with E-state index in [2.05, 4.69) is 14.7 Å². The molecule has 140 valence electrons. The van der Waals surface area contributed by atoms with Crippen molar-refractivity contribution in [2.24, 2.45) is 0 Å². The van der Waals surface area contributed by atoms with Crippen LogP contribution in [0, 0.1) is 0 Å². The Kier molecular flexibility index (Phi) is 5.01. The third-order valence-corrected chi connectivity index (χ3v) is 5.68. The van der Waals surface area contributed by atoms with Crippen LogP contribution in [-0.4, -0.2) is 55.2 Å². The third-order valence-electron chi connectivity index (χ3n) is 3.77. The maximum atomic E-state index is 12.6. The maximum absolute atomic E-state index is 12.6. The van der Waals surface area contributed by atoms with Gasteiger partial charge in [0.05, 0.1) is 4.90 Å². The van der Waals surface area contributed by atoms with Crippen LogP contribution < -0.4 is 9.64 Å². The van der Waals surface area contributed by atoms with E-state index < -0.39 is 22.1 Å². The van der Waals surface area contributed by atoms with Crippen molar-refractivity contribution in [2.45, 2.75) is 11.3 Å². The Morgan fingerprint density at radius 3 is 2.08 bits per heavy atom. The second-order valence-electron chi connectivity index (χ2n) is 5.46. The molecule has 0 unspecified atom stereocenters. The summed E-state index contributed by atoms with van der Waals surface area (Å²) in [6.07, 6.45) is -1.61. The molecule has 0 N–H and O–H groups in total. The summed E-state index contributed by atoms with van der Waals surface area (Å²) >= 11 is 0. The van der Waals surface area contributed by atoms with Gasteiger partial charge in [0.2, 0.25) is 16.0 Å². The number of ether oxygens (including phenoxy) is 1. The number of sulfonamides is 1. The lowest BCUT2D eigenvalue weighted by Crippen LogP contribution is -2.49. The molecule has 0 amide bonds. The fourth-order valence-corrected chi connectivity index (χ4v) is 3.97. The molecular weight excluding hydrogens is 373 g/mol. The van der Waals surface area contributed by atoms with Crippen molar-refractivity contribution in [1.29, 1.82) is 0 Å². The molecule has 1 aliphatic heterocycles. The molecule has 1 aromatic heterocycles. The minimum Gasteiger partial charge on any atom is -0.406 e. The summed E-state index contributed by atoms with van der Waals surface area (Å²) in [4.78, 5) is 10.0. The van der Waals surface area contributed by atoms with Crippen molar-refractivity contribution in [3.05, 3.63) is 42.7 Å². The molecule has 2 aromatic rings. The van der Waals surface area contributed by atoms with Crippen molar-refractivity contribution in [2.75, 3.05) is 31.1 Å². The molecule has 0 saturated carbocycles. The lowest BCUT2D eigenvalue weighted by Gasteiger charge is -2.33. The van der Waals surface area contributed by atoms with Crippen LogP contribution in [0.5, 0.6) is 5.75 Å². The van der Waals surface area contributed by atoms with E-state index in [4.69, 9.17) is 0 Å². The zero-order valence-electron chi connectivity index (χ0n) is 13.4. The zero-order chi connectivity index (χ0) is 18.8. The summed E-state index contributed by atoms with van der Waals surface area (Å²) in [5.41, 5.74) is 0. The predicted octanol–water partition coefficient (Wildman–Crippen LogP) is 1.89.